The molecule has 0 amide bonds. The van der Waals surface area contributed by atoms with E-state index in [9.17, 15) is 0 Å². The van der Waals surface area contributed by atoms with Crippen molar-refractivity contribution in [1.29, 1.82) is 0 Å². The number of nitrogens with zero attached hydrogens (tertiary/aromatic N) is 2. The van der Waals surface area contributed by atoms with Gasteiger partial charge in [-0.3, -0.25) is 0 Å². The average Bonchev–Trinajstić information content (AvgIpc) is 2.17. The summed E-state index contributed by atoms with van der Waals surface area (Å²) in [7, 11) is 1.47. The normalized spacial score (nSPS) is 9.77. The van der Waals surface area contributed by atoms with Gasteiger partial charge in [-0.25, -0.2) is 4.98 Å². The van der Waals surface area contributed by atoms with Crippen LogP contribution < -0.4 is 10.1 Å². The van der Waals surface area contributed by atoms with Crippen LogP contribution in [0.4, 0.5) is 5.82 Å². The highest BCUT2D eigenvalue weighted by Gasteiger charge is 2.03. The molecule has 1 rings (SSSR count). The first kappa shape index (κ1) is 10.0. The number of ether oxygens (including phenoxy) is 1. The maximum absolute atomic E-state index is 8.56. The topological polar surface area (TPSA) is 67.3 Å². The first-order chi connectivity index (χ1) is 6.27. The van der Waals surface area contributed by atoms with Gasteiger partial charge in [-0.2, -0.15) is 4.98 Å². The molecule has 0 saturated carbocycles. The molecule has 0 spiro atoms. The van der Waals surface area contributed by atoms with Gasteiger partial charge in [0, 0.05) is 6.54 Å². The van der Waals surface area contributed by atoms with Crippen molar-refractivity contribution >= 4 is 17.4 Å². The lowest BCUT2D eigenvalue weighted by Crippen LogP contribution is -2.08. The second kappa shape index (κ2) is 4.84. The molecule has 1 heterocycles. The number of hydrogen-bond donors (Lipinski definition) is 2. The number of aliphatic hydroxyl groups is 1. The monoisotopic (exact) mass is 203 g/mol. The molecule has 0 unspecified atom stereocenters. The van der Waals surface area contributed by atoms with E-state index >= 15 is 0 Å². The Morgan fingerprint density at radius 3 is 3.08 bits per heavy atom. The lowest BCUT2D eigenvalue weighted by Gasteiger charge is -2.05. The molecule has 5 nitrogen and oxygen atoms in total. The molecule has 0 fully saturated rings. The van der Waals surface area contributed by atoms with Gasteiger partial charge in [0.2, 0.25) is 0 Å². The standard InChI is InChI=1S/C7H10ClN3O2/c1-13-7-10-4-5(8)6(11-7)9-2-3-12/h4,12H,2-3H2,1H3,(H,9,10,11). The molecule has 0 aromatic carbocycles. The van der Waals surface area contributed by atoms with Crippen LogP contribution in [0.5, 0.6) is 6.01 Å². The molecule has 2 N–H and O–H groups in total. The predicted octanol–water partition coefficient (Wildman–Crippen LogP) is 0.543. The van der Waals surface area contributed by atoms with E-state index in [1.54, 1.807) is 0 Å². The highest BCUT2D eigenvalue weighted by atomic mass is 35.5. The van der Waals surface area contributed by atoms with Crippen molar-refractivity contribution in [2.24, 2.45) is 0 Å². The molecule has 0 radical (unpaired) electrons. The maximum atomic E-state index is 8.56. The van der Waals surface area contributed by atoms with E-state index < -0.39 is 0 Å². The lowest BCUT2D eigenvalue weighted by atomic mass is 10.5. The molecule has 13 heavy (non-hydrogen) atoms. The smallest absolute Gasteiger partial charge is 0.318 e. The molecule has 0 bridgehead atoms. The first-order valence-electron chi connectivity index (χ1n) is 3.69. The Kier molecular flexibility index (Phi) is 3.72. The van der Waals surface area contributed by atoms with Gasteiger partial charge >= 0.3 is 6.01 Å². The summed E-state index contributed by atoms with van der Waals surface area (Å²) in [5.74, 6) is 0.461. The number of methoxy groups -OCH3 is 1. The Balaban J connectivity index is 2.78. The third kappa shape index (κ3) is 2.71. The van der Waals surface area contributed by atoms with Crippen LogP contribution in [0.1, 0.15) is 0 Å². The number of aliphatic hydroxyl groups excluding tert-OH is 1. The van der Waals surface area contributed by atoms with Gasteiger partial charge in [-0.15, -0.1) is 0 Å². The summed E-state index contributed by atoms with van der Waals surface area (Å²) in [6, 6.07) is 0.241. The Hall–Kier alpha value is -1.07. The fraction of sp³-hybridized carbons (Fsp3) is 0.429. The summed E-state index contributed by atoms with van der Waals surface area (Å²) in [6.07, 6.45) is 1.44. The van der Waals surface area contributed by atoms with E-state index in [0.717, 1.165) is 0 Å². The zero-order valence-electron chi connectivity index (χ0n) is 7.12. The van der Waals surface area contributed by atoms with Crippen LogP contribution >= 0.6 is 11.6 Å². The van der Waals surface area contributed by atoms with Gasteiger partial charge in [-0.1, -0.05) is 11.6 Å². The minimum absolute atomic E-state index is 0.0165. The number of rotatable bonds is 4. The summed E-state index contributed by atoms with van der Waals surface area (Å²) in [4.78, 5) is 7.74. The van der Waals surface area contributed by atoms with Crippen LogP contribution in [0.15, 0.2) is 6.20 Å². The minimum Gasteiger partial charge on any atom is -0.467 e. The van der Waals surface area contributed by atoms with E-state index in [0.29, 0.717) is 17.4 Å². The summed E-state index contributed by atoms with van der Waals surface area (Å²) in [5, 5.41) is 11.8. The summed E-state index contributed by atoms with van der Waals surface area (Å²) in [5.41, 5.74) is 0. The molecular weight excluding hydrogens is 194 g/mol. The summed E-state index contributed by atoms with van der Waals surface area (Å²) >= 11 is 5.76. The SMILES string of the molecule is COc1ncc(Cl)c(NCCO)n1. The second-order valence-corrected chi connectivity index (χ2v) is 2.61. The highest BCUT2D eigenvalue weighted by molar-refractivity contribution is 6.32. The van der Waals surface area contributed by atoms with Gasteiger partial charge in [0.05, 0.1) is 19.9 Å². The van der Waals surface area contributed by atoms with Crippen molar-refractivity contribution in [2.75, 3.05) is 25.6 Å². The highest BCUT2D eigenvalue weighted by Crippen LogP contribution is 2.19. The number of aromatic nitrogens is 2. The fourth-order valence-corrected chi connectivity index (χ4v) is 0.905. The molecule has 0 atom stereocenters. The number of anilines is 1. The van der Waals surface area contributed by atoms with Crippen LogP contribution in [0.25, 0.3) is 0 Å². The van der Waals surface area contributed by atoms with Crippen molar-refractivity contribution in [3.05, 3.63) is 11.2 Å². The Morgan fingerprint density at radius 2 is 2.46 bits per heavy atom. The molecule has 0 aliphatic heterocycles. The number of halogens is 1. The number of nitrogens with one attached hydrogen (secondary N) is 1. The van der Waals surface area contributed by atoms with Gasteiger partial charge in [-0.05, 0) is 0 Å². The summed E-state index contributed by atoms with van der Waals surface area (Å²) < 4.78 is 4.81. The third-order valence-corrected chi connectivity index (χ3v) is 1.59. The predicted molar refractivity (Wildman–Crippen MR) is 49.2 cm³/mol. The van der Waals surface area contributed by atoms with Crippen LogP contribution in [-0.2, 0) is 0 Å². The van der Waals surface area contributed by atoms with Crippen molar-refractivity contribution in [1.82, 2.24) is 9.97 Å². The lowest BCUT2D eigenvalue weighted by molar-refractivity contribution is 0.310. The van der Waals surface area contributed by atoms with Crippen LogP contribution in [0, 0.1) is 0 Å². The zero-order chi connectivity index (χ0) is 9.68. The third-order valence-electron chi connectivity index (χ3n) is 1.31. The van der Waals surface area contributed by atoms with Crippen LogP contribution in [0.3, 0.4) is 0 Å². The first-order valence-corrected chi connectivity index (χ1v) is 4.07. The van der Waals surface area contributed by atoms with Crippen LogP contribution in [-0.4, -0.2) is 35.3 Å². The molecular formula is C7H10ClN3O2. The van der Waals surface area contributed by atoms with Crippen LogP contribution in [0.2, 0.25) is 5.02 Å². The van der Waals surface area contributed by atoms with Crippen molar-refractivity contribution < 1.29 is 9.84 Å². The van der Waals surface area contributed by atoms with Crippen molar-refractivity contribution in [3.63, 3.8) is 0 Å². The quantitative estimate of drug-likeness (QED) is 0.748. The number of hydrogen-bond acceptors (Lipinski definition) is 5. The summed E-state index contributed by atoms with van der Waals surface area (Å²) in [6.45, 7) is 0.405. The Bertz CT molecular complexity index is 282. The van der Waals surface area contributed by atoms with E-state index in [1.807, 2.05) is 0 Å². The average molecular weight is 204 g/mol. The van der Waals surface area contributed by atoms with Gasteiger partial charge in [0.15, 0.2) is 5.82 Å². The largest absolute Gasteiger partial charge is 0.467 e. The van der Waals surface area contributed by atoms with E-state index in [-0.39, 0.29) is 12.6 Å². The molecule has 0 aliphatic carbocycles. The van der Waals surface area contributed by atoms with E-state index in [1.165, 1.54) is 13.3 Å². The van der Waals surface area contributed by atoms with Gasteiger partial charge in [0.1, 0.15) is 5.02 Å². The van der Waals surface area contributed by atoms with E-state index in [4.69, 9.17) is 21.4 Å². The fourth-order valence-electron chi connectivity index (χ4n) is 0.748. The van der Waals surface area contributed by atoms with Crippen molar-refractivity contribution in [2.45, 2.75) is 0 Å². The second-order valence-electron chi connectivity index (χ2n) is 2.20. The molecule has 1 aromatic rings. The zero-order valence-corrected chi connectivity index (χ0v) is 7.88. The Labute approximate surface area is 80.7 Å². The molecule has 0 aliphatic rings. The minimum atomic E-state index is 0.0165. The molecule has 6 heteroatoms. The van der Waals surface area contributed by atoms with Gasteiger partial charge < -0.3 is 15.2 Å². The molecule has 72 valence electrons. The Morgan fingerprint density at radius 1 is 1.69 bits per heavy atom. The van der Waals surface area contributed by atoms with Crippen molar-refractivity contribution in [3.8, 4) is 6.01 Å². The molecule has 0 saturated heterocycles. The van der Waals surface area contributed by atoms with Gasteiger partial charge in [0.25, 0.3) is 0 Å². The maximum Gasteiger partial charge on any atom is 0.318 e. The molecule has 1 aromatic heterocycles. The van der Waals surface area contributed by atoms with E-state index in [2.05, 4.69) is 15.3 Å².